The highest BCUT2D eigenvalue weighted by Crippen LogP contribution is 2.45. The average Bonchev–Trinajstić information content (AvgIpc) is 3.39. The molecule has 0 saturated carbocycles. The van der Waals surface area contributed by atoms with E-state index in [1.165, 1.54) is 0 Å². The Morgan fingerprint density at radius 1 is 1.09 bits per heavy atom. The SMILES string of the molecule is CCOC(=O)C1=C(C)N=c2[nH]c(=Cc3ccc(C)[nH]3)c(O)c2C1c1c(OC)ccc2ccccc12. The molecule has 1 atom stereocenters. The predicted molar refractivity (Wildman–Crippen MR) is 134 cm³/mol. The monoisotopic (exact) mass is 469 g/mol. The van der Waals surface area contributed by atoms with E-state index < -0.39 is 11.9 Å². The molecule has 0 fully saturated rings. The van der Waals surface area contributed by atoms with Gasteiger partial charge in [-0.1, -0.05) is 30.3 Å². The minimum atomic E-state index is -0.647. The highest BCUT2D eigenvalue weighted by molar-refractivity contribution is 5.96. The molecule has 1 aliphatic rings. The van der Waals surface area contributed by atoms with Crippen LogP contribution in [0.5, 0.6) is 11.5 Å². The third-order valence-electron chi connectivity index (χ3n) is 6.35. The summed E-state index contributed by atoms with van der Waals surface area (Å²) in [6, 6.07) is 15.7. The Morgan fingerprint density at radius 3 is 2.60 bits per heavy atom. The van der Waals surface area contributed by atoms with Gasteiger partial charge in [0.25, 0.3) is 0 Å². The van der Waals surface area contributed by atoms with E-state index in [4.69, 9.17) is 9.47 Å². The standard InChI is InChI=1S/C28H27N3O4/c1-5-35-28(33)22-16(3)30-27-25(26(32)20(31-27)14-18-12-10-15(2)29-18)24(22)23-19-9-7-6-8-17(19)11-13-21(23)34-4/h6-14,24,29,32H,5H2,1-4H3,(H,30,31). The van der Waals surface area contributed by atoms with Crippen LogP contribution in [-0.4, -0.2) is 34.8 Å². The maximum Gasteiger partial charge on any atom is 0.336 e. The van der Waals surface area contributed by atoms with Crippen LogP contribution in [0.15, 0.2) is 64.8 Å². The topological polar surface area (TPSA) is 99.7 Å². The number of H-pyrrole nitrogens is 2. The molecule has 7 nitrogen and oxygen atoms in total. The lowest BCUT2D eigenvalue weighted by Crippen LogP contribution is -2.26. The molecule has 5 rings (SSSR count). The molecule has 1 aliphatic heterocycles. The zero-order valence-electron chi connectivity index (χ0n) is 20.1. The van der Waals surface area contributed by atoms with Gasteiger partial charge in [-0.3, -0.25) is 0 Å². The van der Waals surface area contributed by atoms with E-state index in [-0.39, 0.29) is 12.4 Å². The number of carbonyl (C=O) groups excluding carboxylic acids is 1. The summed E-state index contributed by atoms with van der Waals surface area (Å²) >= 11 is 0. The summed E-state index contributed by atoms with van der Waals surface area (Å²) in [6.07, 6.45) is 1.83. The van der Waals surface area contributed by atoms with Crippen LogP contribution >= 0.6 is 0 Å². The molecule has 0 aliphatic carbocycles. The van der Waals surface area contributed by atoms with Gasteiger partial charge in [0.1, 0.15) is 17.0 Å². The lowest BCUT2D eigenvalue weighted by Gasteiger charge is -2.26. The van der Waals surface area contributed by atoms with Crippen molar-refractivity contribution in [3.8, 4) is 11.5 Å². The number of aromatic hydroxyl groups is 1. The van der Waals surface area contributed by atoms with Crippen molar-refractivity contribution in [2.75, 3.05) is 13.7 Å². The second-order valence-electron chi connectivity index (χ2n) is 8.56. The van der Waals surface area contributed by atoms with Crippen molar-refractivity contribution in [1.29, 1.82) is 0 Å². The molecule has 0 saturated heterocycles. The molecule has 3 heterocycles. The van der Waals surface area contributed by atoms with Gasteiger partial charge < -0.3 is 24.5 Å². The first kappa shape index (κ1) is 22.5. The quantitative estimate of drug-likeness (QED) is 0.386. The van der Waals surface area contributed by atoms with Crippen LogP contribution in [0.4, 0.5) is 0 Å². The second-order valence-corrected chi connectivity index (χ2v) is 8.56. The van der Waals surface area contributed by atoms with Gasteiger partial charge in [0, 0.05) is 17.0 Å². The van der Waals surface area contributed by atoms with Gasteiger partial charge in [0.05, 0.1) is 41.8 Å². The first-order valence-electron chi connectivity index (χ1n) is 11.5. The average molecular weight is 470 g/mol. The Kier molecular flexibility index (Phi) is 5.68. The van der Waals surface area contributed by atoms with Crippen molar-refractivity contribution < 1.29 is 19.4 Å². The maximum absolute atomic E-state index is 13.3. The fourth-order valence-corrected chi connectivity index (χ4v) is 4.84. The number of hydrogen-bond acceptors (Lipinski definition) is 5. The molecule has 2 aromatic carbocycles. The molecule has 2 aromatic heterocycles. The zero-order chi connectivity index (χ0) is 24.7. The minimum Gasteiger partial charge on any atom is -0.505 e. The number of aromatic amines is 2. The van der Waals surface area contributed by atoms with Crippen molar-refractivity contribution in [2.45, 2.75) is 26.7 Å². The summed E-state index contributed by atoms with van der Waals surface area (Å²) in [5.74, 6) is -0.468. The fraction of sp³-hybridized carbons (Fsp3) is 0.214. The number of esters is 1. The number of allylic oxidation sites excluding steroid dienone is 1. The summed E-state index contributed by atoms with van der Waals surface area (Å²) < 4.78 is 11.2. The highest BCUT2D eigenvalue weighted by atomic mass is 16.5. The van der Waals surface area contributed by atoms with Crippen LogP contribution in [0.1, 0.15) is 42.3 Å². The third kappa shape index (κ3) is 3.79. The first-order chi connectivity index (χ1) is 16.9. The van der Waals surface area contributed by atoms with Crippen LogP contribution in [-0.2, 0) is 9.53 Å². The van der Waals surface area contributed by atoms with Crippen LogP contribution < -0.4 is 15.6 Å². The Hall–Kier alpha value is -4.26. The van der Waals surface area contributed by atoms with E-state index in [1.54, 1.807) is 21.0 Å². The number of ether oxygens (including phenoxy) is 2. The highest BCUT2D eigenvalue weighted by Gasteiger charge is 2.37. The Balaban J connectivity index is 1.85. The molecular formula is C28H27N3O4. The summed E-state index contributed by atoms with van der Waals surface area (Å²) in [6.45, 7) is 5.75. The van der Waals surface area contributed by atoms with Gasteiger partial charge in [-0.2, -0.15) is 0 Å². The van der Waals surface area contributed by atoms with Gasteiger partial charge in [0.2, 0.25) is 0 Å². The van der Waals surface area contributed by atoms with Crippen molar-refractivity contribution >= 4 is 22.8 Å². The molecular weight excluding hydrogens is 442 g/mol. The Labute approximate surface area is 202 Å². The number of hydrogen-bond donors (Lipinski definition) is 3. The number of rotatable bonds is 5. The predicted octanol–water partition coefficient (Wildman–Crippen LogP) is 3.95. The van der Waals surface area contributed by atoms with Crippen LogP contribution in [0, 0.1) is 6.92 Å². The van der Waals surface area contributed by atoms with Gasteiger partial charge in [-0.25, -0.2) is 9.79 Å². The largest absolute Gasteiger partial charge is 0.505 e. The second kappa shape index (κ2) is 8.83. The summed E-state index contributed by atoms with van der Waals surface area (Å²) in [5.41, 5.74) is 4.55. The number of aromatic nitrogens is 2. The molecule has 0 amide bonds. The van der Waals surface area contributed by atoms with Gasteiger partial charge >= 0.3 is 5.97 Å². The van der Waals surface area contributed by atoms with E-state index in [0.29, 0.717) is 33.4 Å². The van der Waals surface area contributed by atoms with Gasteiger partial charge in [-0.15, -0.1) is 0 Å². The van der Waals surface area contributed by atoms with Crippen molar-refractivity contribution in [3.05, 3.63) is 93.2 Å². The van der Waals surface area contributed by atoms with Gasteiger partial charge in [-0.05, 0) is 55.8 Å². The molecule has 0 spiro atoms. The molecule has 7 heteroatoms. The lowest BCUT2D eigenvalue weighted by molar-refractivity contribution is -0.138. The first-order valence-corrected chi connectivity index (χ1v) is 11.5. The summed E-state index contributed by atoms with van der Waals surface area (Å²) in [5, 5.41) is 13.9. The zero-order valence-corrected chi connectivity index (χ0v) is 20.1. The fourth-order valence-electron chi connectivity index (χ4n) is 4.84. The molecule has 178 valence electrons. The van der Waals surface area contributed by atoms with E-state index >= 15 is 0 Å². The Morgan fingerprint density at radius 2 is 1.89 bits per heavy atom. The van der Waals surface area contributed by atoms with Crippen molar-refractivity contribution in [2.24, 2.45) is 4.99 Å². The number of nitrogens with one attached hydrogen (secondary N) is 2. The Bertz CT molecular complexity index is 1610. The molecule has 4 aromatic rings. The third-order valence-corrected chi connectivity index (χ3v) is 6.35. The van der Waals surface area contributed by atoms with Crippen LogP contribution in [0.25, 0.3) is 16.8 Å². The number of aryl methyl sites for hydroxylation is 1. The lowest BCUT2D eigenvalue weighted by atomic mass is 9.80. The van der Waals surface area contributed by atoms with E-state index in [1.807, 2.05) is 61.5 Å². The van der Waals surface area contributed by atoms with E-state index in [9.17, 15) is 9.90 Å². The number of benzene rings is 2. The molecule has 0 bridgehead atoms. The number of methoxy groups -OCH3 is 1. The molecule has 35 heavy (non-hydrogen) atoms. The number of nitrogens with zero attached hydrogens (tertiary/aromatic N) is 1. The van der Waals surface area contributed by atoms with E-state index in [0.717, 1.165) is 27.7 Å². The molecule has 3 N–H and O–H groups in total. The van der Waals surface area contributed by atoms with Crippen molar-refractivity contribution in [3.63, 3.8) is 0 Å². The minimum absolute atomic E-state index is 0.0327. The number of fused-ring (bicyclic) bond motifs is 2. The smallest absolute Gasteiger partial charge is 0.336 e. The van der Waals surface area contributed by atoms with Crippen LogP contribution in [0.2, 0.25) is 0 Å². The maximum atomic E-state index is 13.3. The van der Waals surface area contributed by atoms with Crippen molar-refractivity contribution in [1.82, 2.24) is 9.97 Å². The number of carbonyl (C=O) groups is 1. The van der Waals surface area contributed by atoms with Crippen LogP contribution in [0.3, 0.4) is 0 Å². The summed E-state index contributed by atoms with van der Waals surface area (Å²) in [7, 11) is 1.60. The molecule has 0 radical (unpaired) electrons. The van der Waals surface area contributed by atoms with Gasteiger partial charge in [0.15, 0.2) is 0 Å². The van der Waals surface area contributed by atoms with E-state index in [2.05, 4.69) is 15.0 Å². The normalized spacial score (nSPS) is 15.8. The summed E-state index contributed by atoms with van der Waals surface area (Å²) in [4.78, 5) is 24.4. The molecule has 1 unspecified atom stereocenters.